The van der Waals surface area contributed by atoms with Gasteiger partial charge in [0.1, 0.15) is 0 Å². The molecule has 1 aliphatic rings. The van der Waals surface area contributed by atoms with Crippen molar-refractivity contribution in [1.29, 1.82) is 0 Å². The number of nitrogens with zero attached hydrogens (tertiary/aromatic N) is 2. The minimum absolute atomic E-state index is 0.372. The Morgan fingerprint density at radius 1 is 1.17 bits per heavy atom. The van der Waals surface area contributed by atoms with E-state index in [1.165, 1.54) is 29.6 Å². The van der Waals surface area contributed by atoms with Crippen LogP contribution in [0.25, 0.3) is 16.6 Å². The number of alkyl halides is 3. The van der Waals surface area contributed by atoms with Crippen molar-refractivity contribution in [2.45, 2.75) is 21.1 Å². The van der Waals surface area contributed by atoms with Crippen molar-refractivity contribution < 1.29 is 13.2 Å². The molecule has 4 rings (SSSR count). The molecule has 0 saturated carbocycles. The summed E-state index contributed by atoms with van der Waals surface area (Å²) < 4.78 is 41.0. The molecule has 24 heavy (non-hydrogen) atoms. The molecule has 0 bridgehead atoms. The van der Waals surface area contributed by atoms with Crippen LogP contribution < -0.4 is 5.56 Å². The van der Waals surface area contributed by atoms with Crippen molar-refractivity contribution in [3.05, 3.63) is 52.3 Å². The Morgan fingerprint density at radius 2 is 1.96 bits per heavy atom. The van der Waals surface area contributed by atoms with Crippen molar-refractivity contribution in [2.75, 3.05) is 6.26 Å². The van der Waals surface area contributed by atoms with E-state index in [9.17, 15) is 18.0 Å². The van der Waals surface area contributed by atoms with Crippen molar-refractivity contribution in [1.82, 2.24) is 9.55 Å². The number of fused-ring (bicyclic) bond motifs is 2. The maximum atomic E-state index is 13.1. The summed E-state index contributed by atoms with van der Waals surface area (Å²) in [6.45, 7) is 0. The predicted octanol–water partition coefficient (Wildman–Crippen LogP) is 4.59. The third-order valence-corrected chi connectivity index (χ3v) is 5.52. The van der Waals surface area contributed by atoms with Crippen LogP contribution in [0.2, 0.25) is 0 Å². The molecule has 1 aliphatic heterocycles. The van der Waals surface area contributed by atoms with E-state index in [2.05, 4.69) is 4.98 Å². The molecule has 0 N–H and O–H groups in total. The van der Waals surface area contributed by atoms with Gasteiger partial charge in [-0.05, 0) is 36.6 Å². The normalized spacial score (nSPS) is 13.2. The van der Waals surface area contributed by atoms with E-state index in [1.807, 2.05) is 6.07 Å². The molecular weight excluding hydrogens is 357 g/mol. The van der Waals surface area contributed by atoms with Crippen LogP contribution in [0.3, 0.4) is 0 Å². The van der Waals surface area contributed by atoms with Crippen molar-refractivity contribution in [3.63, 3.8) is 0 Å². The summed E-state index contributed by atoms with van der Waals surface area (Å²) in [5.74, 6) is 0. The zero-order chi connectivity index (χ0) is 17.1. The molecule has 0 aliphatic carbocycles. The summed E-state index contributed by atoms with van der Waals surface area (Å²) in [5.41, 5.74) is -0.0855. The van der Waals surface area contributed by atoms with Gasteiger partial charge in [0.25, 0.3) is 5.56 Å². The number of thioether (sulfide) groups is 1. The van der Waals surface area contributed by atoms with Crippen LogP contribution in [-0.2, 0) is 6.18 Å². The fourth-order valence-corrected chi connectivity index (χ4v) is 4.35. The monoisotopic (exact) mass is 366 g/mol. The van der Waals surface area contributed by atoms with E-state index < -0.39 is 11.7 Å². The van der Waals surface area contributed by atoms with Gasteiger partial charge in [0, 0.05) is 9.79 Å². The zero-order valence-electron chi connectivity index (χ0n) is 12.2. The number of hydrogen-bond acceptors (Lipinski definition) is 4. The second-order valence-electron chi connectivity index (χ2n) is 5.17. The fraction of sp³-hybridized carbons (Fsp3) is 0.125. The molecule has 8 heteroatoms. The molecule has 2 aromatic carbocycles. The quantitative estimate of drug-likeness (QED) is 0.365. The first kappa shape index (κ1) is 15.6. The highest BCUT2D eigenvalue weighted by Gasteiger charge is 2.32. The molecule has 0 radical (unpaired) electrons. The molecule has 0 fully saturated rings. The van der Waals surface area contributed by atoms with Gasteiger partial charge in [-0.15, -0.1) is 0 Å². The predicted molar refractivity (Wildman–Crippen MR) is 88.2 cm³/mol. The maximum absolute atomic E-state index is 13.1. The Morgan fingerprint density at radius 3 is 2.67 bits per heavy atom. The lowest BCUT2D eigenvalue weighted by molar-refractivity contribution is -0.137. The molecule has 0 saturated heterocycles. The molecule has 1 aromatic heterocycles. The van der Waals surface area contributed by atoms with Gasteiger partial charge in [-0.3, -0.25) is 9.36 Å². The van der Waals surface area contributed by atoms with Crippen molar-refractivity contribution in [2.24, 2.45) is 0 Å². The number of halogens is 3. The fourth-order valence-electron chi connectivity index (χ4n) is 2.73. The molecule has 3 nitrogen and oxygen atoms in total. The van der Waals surface area contributed by atoms with Gasteiger partial charge in [-0.2, -0.15) is 18.2 Å². The highest BCUT2D eigenvalue weighted by Crippen LogP contribution is 2.44. The summed E-state index contributed by atoms with van der Waals surface area (Å²) in [5, 5.41) is 0.779. The Balaban J connectivity index is 2.15. The maximum Gasteiger partial charge on any atom is 0.416 e. The lowest BCUT2D eigenvalue weighted by atomic mass is 10.1. The van der Waals surface area contributed by atoms with E-state index in [0.29, 0.717) is 26.6 Å². The third-order valence-electron chi connectivity index (χ3n) is 3.77. The molecule has 0 unspecified atom stereocenters. The van der Waals surface area contributed by atoms with Crippen LogP contribution in [0.4, 0.5) is 13.2 Å². The number of hydrogen-bond donors (Lipinski definition) is 0. The number of aromatic nitrogens is 2. The summed E-state index contributed by atoms with van der Waals surface area (Å²) in [7, 11) is 0. The third kappa shape index (κ3) is 2.24. The minimum atomic E-state index is -4.43. The Kier molecular flexibility index (Phi) is 3.43. The van der Waals surface area contributed by atoms with Gasteiger partial charge in [0.05, 0.1) is 22.2 Å². The number of rotatable bonds is 1. The van der Waals surface area contributed by atoms with Gasteiger partial charge in [0.15, 0.2) is 5.16 Å². The summed E-state index contributed by atoms with van der Waals surface area (Å²) in [6, 6.07) is 8.91. The second-order valence-corrected chi connectivity index (χ2v) is 7.03. The smallest absolute Gasteiger partial charge is 0.286 e. The van der Waals surface area contributed by atoms with E-state index in [-0.39, 0.29) is 5.56 Å². The lowest BCUT2D eigenvalue weighted by Crippen LogP contribution is -2.18. The van der Waals surface area contributed by atoms with Crippen LogP contribution in [0, 0.1) is 0 Å². The highest BCUT2D eigenvalue weighted by atomic mass is 32.2. The average molecular weight is 366 g/mol. The molecule has 0 spiro atoms. The molecular formula is C16H9F3N2OS2. The summed E-state index contributed by atoms with van der Waals surface area (Å²) >= 11 is 2.59. The topological polar surface area (TPSA) is 34.9 Å². The second kappa shape index (κ2) is 5.29. The molecule has 2 heterocycles. The van der Waals surface area contributed by atoms with Gasteiger partial charge in [-0.1, -0.05) is 29.6 Å². The summed E-state index contributed by atoms with van der Waals surface area (Å²) in [4.78, 5) is 17.8. The molecule has 0 amide bonds. The number of para-hydroxylation sites is 1. The Labute approximate surface area is 142 Å². The van der Waals surface area contributed by atoms with E-state index in [1.54, 1.807) is 23.0 Å². The first-order chi connectivity index (χ1) is 11.4. The summed E-state index contributed by atoms with van der Waals surface area (Å²) in [6.07, 6.45) is -2.68. The standard InChI is InChI=1S/C16H9F3N2OS2/c1-23-15-20-14(22)9-3-2-4-12-13(9)21(15)10-7-8(16(17,18)19)5-6-11(10)24-12/h2-7H,1H3. The molecule has 0 atom stereocenters. The van der Waals surface area contributed by atoms with E-state index in [4.69, 9.17) is 0 Å². The van der Waals surface area contributed by atoms with Crippen LogP contribution in [0.1, 0.15) is 5.56 Å². The zero-order valence-corrected chi connectivity index (χ0v) is 13.9. The van der Waals surface area contributed by atoms with E-state index >= 15 is 0 Å². The number of benzene rings is 2. The van der Waals surface area contributed by atoms with Crippen molar-refractivity contribution >= 4 is 34.4 Å². The molecule has 122 valence electrons. The Bertz CT molecular complexity index is 1040. The lowest BCUT2D eigenvalue weighted by Gasteiger charge is -2.24. The van der Waals surface area contributed by atoms with Crippen LogP contribution in [0.5, 0.6) is 0 Å². The van der Waals surface area contributed by atoms with Crippen LogP contribution in [0.15, 0.2) is 56.1 Å². The minimum Gasteiger partial charge on any atom is -0.286 e. The Hall–Kier alpha value is -1.93. The first-order valence-corrected chi connectivity index (χ1v) is 8.93. The van der Waals surface area contributed by atoms with Gasteiger partial charge in [0.2, 0.25) is 0 Å². The SMILES string of the molecule is CSc1nc(=O)c2cccc3c2n1-c1cc(C(F)(F)F)ccc1S3. The van der Waals surface area contributed by atoms with Gasteiger partial charge >= 0.3 is 6.18 Å². The molecule has 3 aromatic rings. The van der Waals surface area contributed by atoms with Crippen LogP contribution in [-0.4, -0.2) is 15.8 Å². The highest BCUT2D eigenvalue weighted by molar-refractivity contribution is 8.00. The van der Waals surface area contributed by atoms with Crippen LogP contribution >= 0.6 is 23.5 Å². The van der Waals surface area contributed by atoms with Gasteiger partial charge < -0.3 is 0 Å². The largest absolute Gasteiger partial charge is 0.416 e. The van der Waals surface area contributed by atoms with Crippen molar-refractivity contribution in [3.8, 4) is 5.69 Å². The first-order valence-electron chi connectivity index (χ1n) is 6.89. The van der Waals surface area contributed by atoms with E-state index in [0.717, 1.165) is 17.0 Å². The van der Waals surface area contributed by atoms with Gasteiger partial charge in [-0.25, -0.2) is 0 Å². The average Bonchev–Trinajstić information content (AvgIpc) is 2.55.